The number of hydrogen-bond donors (Lipinski definition) is 1. The lowest BCUT2D eigenvalue weighted by Gasteiger charge is -2.15. The Labute approximate surface area is 118 Å². The van der Waals surface area contributed by atoms with Gasteiger partial charge in [-0.15, -0.1) is 0 Å². The van der Waals surface area contributed by atoms with Crippen LogP contribution in [0.2, 0.25) is 5.02 Å². The molecule has 3 rings (SSSR count). The molecule has 0 aromatic heterocycles. The zero-order valence-corrected chi connectivity index (χ0v) is 11.7. The Balaban J connectivity index is 1.99. The zero-order chi connectivity index (χ0) is 13.4. The fourth-order valence-corrected chi connectivity index (χ4v) is 3.03. The lowest BCUT2D eigenvalue weighted by atomic mass is 9.95. The van der Waals surface area contributed by atoms with Crippen molar-refractivity contribution in [3.05, 3.63) is 69.2 Å². The van der Waals surface area contributed by atoms with E-state index in [1.54, 1.807) is 0 Å². The van der Waals surface area contributed by atoms with E-state index in [9.17, 15) is 5.11 Å². The molecule has 1 aliphatic rings. The van der Waals surface area contributed by atoms with Gasteiger partial charge in [0.1, 0.15) is 6.10 Å². The van der Waals surface area contributed by atoms with Crippen LogP contribution in [-0.4, -0.2) is 5.11 Å². The van der Waals surface area contributed by atoms with E-state index in [4.69, 9.17) is 11.6 Å². The predicted molar refractivity (Wildman–Crippen MR) is 78.7 cm³/mol. The smallest absolute Gasteiger partial charge is 0.104 e. The van der Waals surface area contributed by atoms with Crippen LogP contribution in [0, 0.1) is 6.92 Å². The minimum atomic E-state index is -0.593. The van der Waals surface area contributed by atoms with Gasteiger partial charge >= 0.3 is 0 Å². The van der Waals surface area contributed by atoms with Crippen molar-refractivity contribution >= 4 is 11.6 Å². The molecular formula is C17H17ClO. The van der Waals surface area contributed by atoms with Crippen molar-refractivity contribution in [2.24, 2.45) is 0 Å². The van der Waals surface area contributed by atoms with Crippen LogP contribution in [0.4, 0.5) is 0 Å². The number of benzene rings is 2. The lowest BCUT2D eigenvalue weighted by molar-refractivity contribution is 0.219. The molecule has 0 spiro atoms. The van der Waals surface area contributed by atoms with Crippen LogP contribution in [0.3, 0.4) is 0 Å². The highest BCUT2D eigenvalue weighted by Crippen LogP contribution is 2.30. The molecule has 0 heterocycles. The van der Waals surface area contributed by atoms with Crippen LogP contribution in [-0.2, 0) is 12.8 Å². The Hall–Kier alpha value is -1.31. The van der Waals surface area contributed by atoms with E-state index in [-0.39, 0.29) is 0 Å². The normalized spacial score (nSPS) is 15.3. The van der Waals surface area contributed by atoms with Crippen molar-refractivity contribution in [1.29, 1.82) is 0 Å². The average molecular weight is 273 g/mol. The summed E-state index contributed by atoms with van der Waals surface area (Å²) >= 11 is 6.03. The Kier molecular flexibility index (Phi) is 3.34. The minimum Gasteiger partial charge on any atom is -0.384 e. The number of aliphatic hydroxyl groups is 1. The van der Waals surface area contributed by atoms with Gasteiger partial charge < -0.3 is 5.11 Å². The van der Waals surface area contributed by atoms with Crippen LogP contribution in [0.25, 0.3) is 0 Å². The van der Waals surface area contributed by atoms with Crippen molar-refractivity contribution in [2.75, 3.05) is 0 Å². The maximum atomic E-state index is 10.6. The summed E-state index contributed by atoms with van der Waals surface area (Å²) in [5.74, 6) is 0. The summed E-state index contributed by atoms with van der Waals surface area (Å²) in [6.45, 7) is 2.00. The van der Waals surface area contributed by atoms with Gasteiger partial charge in [0.2, 0.25) is 0 Å². The number of aryl methyl sites for hydroxylation is 3. The van der Waals surface area contributed by atoms with Gasteiger partial charge in [-0.05, 0) is 66.1 Å². The summed E-state index contributed by atoms with van der Waals surface area (Å²) in [5, 5.41) is 11.2. The number of rotatable bonds is 2. The van der Waals surface area contributed by atoms with Crippen LogP contribution < -0.4 is 0 Å². The molecule has 2 aromatic rings. The second-order valence-electron chi connectivity index (χ2n) is 5.29. The Morgan fingerprint density at radius 1 is 1.05 bits per heavy atom. The topological polar surface area (TPSA) is 20.2 Å². The molecule has 2 heteroatoms. The minimum absolute atomic E-state index is 0.593. The zero-order valence-electron chi connectivity index (χ0n) is 11.0. The van der Waals surface area contributed by atoms with Crippen molar-refractivity contribution < 1.29 is 5.11 Å². The first-order valence-corrected chi connectivity index (χ1v) is 7.09. The van der Waals surface area contributed by atoms with Gasteiger partial charge in [-0.2, -0.15) is 0 Å². The highest BCUT2D eigenvalue weighted by atomic mass is 35.5. The lowest BCUT2D eigenvalue weighted by Crippen LogP contribution is -2.03. The second kappa shape index (κ2) is 4.99. The maximum Gasteiger partial charge on any atom is 0.104 e. The molecule has 0 fully saturated rings. The third kappa shape index (κ3) is 2.41. The van der Waals surface area contributed by atoms with Gasteiger partial charge in [0, 0.05) is 5.02 Å². The highest BCUT2D eigenvalue weighted by molar-refractivity contribution is 6.30. The predicted octanol–water partition coefficient (Wildman–Crippen LogP) is 4.22. The number of halogens is 1. The van der Waals surface area contributed by atoms with E-state index in [0.29, 0.717) is 5.02 Å². The van der Waals surface area contributed by atoms with Gasteiger partial charge in [0.15, 0.2) is 0 Å². The van der Waals surface area contributed by atoms with Crippen molar-refractivity contribution in [2.45, 2.75) is 32.3 Å². The molecule has 2 aromatic carbocycles. The average Bonchev–Trinajstić information content (AvgIpc) is 2.88. The monoisotopic (exact) mass is 272 g/mol. The van der Waals surface area contributed by atoms with Crippen LogP contribution in [0.5, 0.6) is 0 Å². The first-order valence-electron chi connectivity index (χ1n) is 6.71. The molecular weight excluding hydrogens is 256 g/mol. The molecule has 19 heavy (non-hydrogen) atoms. The Bertz CT molecular complexity index is 619. The largest absolute Gasteiger partial charge is 0.384 e. The number of aliphatic hydroxyl groups excluding tert-OH is 1. The van der Waals surface area contributed by atoms with Crippen LogP contribution >= 0.6 is 11.6 Å². The fourth-order valence-electron chi connectivity index (χ4n) is 2.85. The van der Waals surface area contributed by atoms with Gasteiger partial charge in [0.05, 0.1) is 0 Å². The molecule has 1 aliphatic carbocycles. The highest BCUT2D eigenvalue weighted by Gasteiger charge is 2.17. The third-order valence-electron chi connectivity index (χ3n) is 3.97. The van der Waals surface area contributed by atoms with Crippen molar-refractivity contribution in [3.8, 4) is 0 Å². The molecule has 0 aliphatic heterocycles. The SMILES string of the molecule is Cc1ccc(Cl)cc1C(O)c1ccc2c(c1)CCC2. The Morgan fingerprint density at radius 3 is 2.68 bits per heavy atom. The van der Waals surface area contributed by atoms with Gasteiger partial charge in [-0.3, -0.25) is 0 Å². The molecule has 1 nitrogen and oxygen atoms in total. The van der Waals surface area contributed by atoms with E-state index >= 15 is 0 Å². The van der Waals surface area contributed by atoms with E-state index in [1.807, 2.05) is 31.2 Å². The number of fused-ring (bicyclic) bond motifs is 1. The summed E-state index contributed by atoms with van der Waals surface area (Å²) in [6.07, 6.45) is 2.93. The van der Waals surface area contributed by atoms with E-state index in [2.05, 4.69) is 12.1 Å². The quantitative estimate of drug-likeness (QED) is 0.868. The molecule has 0 saturated heterocycles. The molecule has 0 bridgehead atoms. The van der Waals surface area contributed by atoms with E-state index in [1.165, 1.54) is 24.0 Å². The fraction of sp³-hybridized carbons (Fsp3) is 0.294. The van der Waals surface area contributed by atoms with Gasteiger partial charge in [-0.1, -0.05) is 35.9 Å². The first kappa shape index (κ1) is 12.7. The third-order valence-corrected chi connectivity index (χ3v) is 4.21. The summed E-state index contributed by atoms with van der Waals surface area (Å²) in [6, 6.07) is 12.0. The second-order valence-corrected chi connectivity index (χ2v) is 5.72. The summed E-state index contributed by atoms with van der Waals surface area (Å²) in [4.78, 5) is 0. The van der Waals surface area contributed by atoms with Gasteiger partial charge in [-0.25, -0.2) is 0 Å². The summed E-state index contributed by atoms with van der Waals surface area (Å²) < 4.78 is 0. The van der Waals surface area contributed by atoms with Crippen LogP contribution in [0.1, 0.15) is 40.3 Å². The molecule has 0 saturated carbocycles. The Morgan fingerprint density at radius 2 is 1.84 bits per heavy atom. The first-order chi connectivity index (χ1) is 9.15. The molecule has 0 radical (unpaired) electrons. The molecule has 1 unspecified atom stereocenters. The van der Waals surface area contributed by atoms with Gasteiger partial charge in [0.25, 0.3) is 0 Å². The van der Waals surface area contributed by atoms with E-state index in [0.717, 1.165) is 23.1 Å². The van der Waals surface area contributed by atoms with Crippen LogP contribution in [0.15, 0.2) is 36.4 Å². The summed E-state index contributed by atoms with van der Waals surface area (Å²) in [7, 11) is 0. The van der Waals surface area contributed by atoms with Crippen molar-refractivity contribution in [3.63, 3.8) is 0 Å². The number of hydrogen-bond acceptors (Lipinski definition) is 1. The molecule has 0 amide bonds. The molecule has 1 atom stereocenters. The van der Waals surface area contributed by atoms with E-state index < -0.39 is 6.10 Å². The standard InChI is InChI=1S/C17H17ClO/c1-11-5-8-15(18)10-16(11)17(19)14-7-6-12-3-2-4-13(12)9-14/h5-10,17,19H,2-4H2,1H3. The van der Waals surface area contributed by atoms with Crippen molar-refractivity contribution in [1.82, 2.24) is 0 Å². The molecule has 1 N–H and O–H groups in total. The maximum absolute atomic E-state index is 10.6. The molecule has 98 valence electrons. The summed E-state index contributed by atoms with van der Waals surface area (Å²) in [5.41, 5.74) is 5.74.